The molecule has 0 fully saturated rings. The van der Waals surface area contributed by atoms with Crippen LogP contribution in [0.2, 0.25) is 0 Å². The van der Waals surface area contributed by atoms with Crippen molar-refractivity contribution in [1.29, 1.82) is 0 Å². The zero-order valence-corrected chi connectivity index (χ0v) is 16.8. The van der Waals surface area contributed by atoms with Crippen LogP contribution in [0.3, 0.4) is 0 Å². The lowest BCUT2D eigenvalue weighted by Crippen LogP contribution is -2.10. The molecule has 4 nitrogen and oxygen atoms in total. The number of ether oxygens (including phenoxy) is 1. The number of aromatic amines is 1. The molecule has 0 radical (unpaired) electrons. The van der Waals surface area contributed by atoms with Crippen LogP contribution in [0.4, 0.5) is 0 Å². The molecule has 2 rings (SSSR count). The molecule has 0 aliphatic rings. The Morgan fingerprint density at radius 2 is 1.85 bits per heavy atom. The van der Waals surface area contributed by atoms with Crippen LogP contribution in [0, 0.1) is 0 Å². The van der Waals surface area contributed by atoms with Gasteiger partial charge in [-0.05, 0) is 43.3 Å². The van der Waals surface area contributed by atoms with E-state index in [0.717, 1.165) is 35.9 Å². The third-order valence-electron chi connectivity index (χ3n) is 3.05. The quantitative estimate of drug-likeness (QED) is 0.514. The highest BCUT2D eigenvalue weighted by atomic mass is 16.5. The second-order valence-corrected chi connectivity index (χ2v) is 4.93. The molecule has 26 heavy (non-hydrogen) atoms. The van der Waals surface area contributed by atoms with Gasteiger partial charge < -0.3 is 15.0 Å². The summed E-state index contributed by atoms with van der Waals surface area (Å²) in [7, 11) is 1.66. The Morgan fingerprint density at radius 1 is 1.15 bits per heavy atom. The van der Waals surface area contributed by atoms with Gasteiger partial charge >= 0.3 is 0 Å². The van der Waals surface area contributed by atoms with Crippen molar-refractivity contribution in [3.05, 3.63) is 66.3 Å². The smallest absolute Gasteiger partial charge is 0.130 e. The summed E-state index contributed by atoms with van der Waals surface area (Å²) in [6.45, 7) is 13.5. The molecule has 1 aromatic heterocycles. The van der Waals surface area contributed by atoms with Crippen molar-refractivity contribution in [2.24, 2.45) is 0 Å². The number of methoxy groups -OCH3 is 1. The van der Waals surface area contributed by atoms with Crippen LogP contribution in [0.1, 0.15) is 44.8 Å². The lowest BCUT2D eigenvalue weighted by atomic mass is 10.2. The van der Waals surface area contributed by atoms with Crippen molar-refractivity contribution >= 4 is 18.2 Å². The Morgan fingerprint density at radius 3 is 2.35 bits per heavy atom. The van der Waals surface area contributed by atoms with Crippen LogP contribution in [0.5, 0.6) is 5.75 Å². The van der Waals surface area contributed by atoms with Gasteiger partial charge in [-0.1, -0.05) is 51.1 Å². The van der Waals surface area contributed by atoms with Crippen molar-refractivity contribution in [2.45, 2.75) is 27.7 Å². The number of imidazole rings is 1. The maximum Gasteiger partial charge on any atom is 0.130 e. The second kappa shape index (κ2) is 15.9. The van der Waals surface area contributed by atoms with E-state index >= 15 is 0 Å². The SMILES string of the molecule is C/C=C/c1cnc(/C=C/c2ccc(OC)cc2)[nH]1.C=CCNCC.CC. The minimum absolute atomic E-state index is 0.846. The first-order valence-corrected chi connectivity index (χ1v) is 9.04. The molecule has 1 heterocycles. The molecular formula is C22H33N3O. The molecule has 0 atom stereocenters. The molecule has 0 unspecified atom stereocenters. The lowest BCUT2D eigenvalue weighted by molar-refractivity contribution is 0.415. The zero-order chi connectivity index (χ0) is 19.6. The van der Waals surface area contributed by atoms with E-state index in [1.807, 2.05) is 81.6 Å². The third-order valence-corrected chi connectivity index (χ3v) is 3.05. The topological polar surface area (TPSA) is 49.9 Å². The fraction of sp³-hybridized carbons (Fsp3) is 0.318. The van der Waals surface area contributed by atoms with Gasteiger partial charge in [0.25, 0.3) is 0 Å². The Hall–Kier alpha value is -2.59. The molecule has 2 aromatic rings. The van der Waals surface area contributed by atoms with Crippen LogP contribution in [0.15, 0.2) is 49.2 Å². The van der Waals surface area contributed by atoms with Crippen molar-refractivity contribution in [3.8, 4) is 5.75 Å². The molecule has 142 valence electrons. The largest absolute Gasteiger partial charge is 0.497 e. The fourth-order valence-corrected chi connectivity index (χ4v) is 1.84. The Labute approximate surface area is 158 Å². The van der Waals surface area contributed by atoms with E-state index in [9.17, 15) is 0 Å². The van der Waals surface area contributed by atoms with Crippen LogP contribution >= 0.6 is 0 Å². The van der Waals surface area contributed by atoms with Gasteiger partial charge in [0.05, 0.1) is 19.0 Å². The number of allylic oxidation sites excluding steroid dienone is 1. The summed E-state index contributed by atoms with van der Waals surface area (Å²) in [5.41, 5.74) is 2.12. The van der Waals surface area contributed by atoms with E-state index in [2.05, 4.69) is 28.8 Å². The normalized spacial score (nSPS) is 10.0. The van der Waals surface area contributed by atoms with E-state index in [0.29, 0.717) is 0 Å². The van der Waals surface area contributed by atoms with Gasteiger partial charge in [0.1, 0.15) is 11.6 Å². The Kier molecular flexibility index (Phi) is 14.3. The molecule has 0 aliphatic carbocycles. The monoisotopic (exact) mass is 355 g/mol. The third kappa shape index (κ3) is 10.3. The summed E-state index contributed by atoms with van der Waals surface area (Å²) in [5, 5.41) is 3.08. The second-order valence-electron chi connectivity index (χ2n) is 4.93. The molecule has 0 saturated heterocycles. The highest BCUT2D eigenvalue weighted by Crippen LogP contribution is 2.13. The molecule has 0 bridgehead atoms. The highest BCUT2D eigenvalue weighted by molar-refractivity contribution is 5.67. The summed E-state index contributed by atoms with van der Waals surface area (Å²) in [4.78, 5) is 7.46. The van der Waals surface area contributed by atoms with Crippen molar-refractivity contribution < 1.29 is 4.74 Å². The maximum atomic E-state index is 5.11. The number of benzene rings is 1. The number of hydrogen-bond donors (Lipinski definition) is 2. The molecule has 0 saturated carbocycles. The lowest BCUT2D eigenvalue weighted by Gasteiger charge is -1.98. The van der Waals surface area contributed by atoms with E-state index in [-0.39, 0.29) is 0 Å². The summed E-state index contributed by atoms with van der Waals surface area (Å²) < 4.78 is 5.11. The van der Waals surface area contributed by atoms with Crippen LogP contribution in [-0.4, -0.2) is 30.2 Å². The number of aromatic nitrogens is 2. The van der Waals surface area contributed by atoms with Gasteiger partial charge in [0.15, 0.2) is 0 Å². The van der Waals surface area contributed by atoms with Crippen molar-refractivity contribution in [2.75, 3.05) is 20.2 Å². The van der Waals surface area contributed by atoms with Crippen LogP contribution < -0.4 is 10.1 Å². The van der Waals surface area contributed by atoms with E-state index in [1.165, 1.54) is 0 Å². The van der Waals surface area contributed by atoms with Gasteiger partial charge in [-0.25, -0.2) is 4.98 Å². The minimum Gasteiger partial charge on any atom is -0.497 e. The molecule has 1 aromatic carbocycles. The first-order chi connectivity index (χ1) is 12.7. The predicted molar refractivity (Wildman–Crippen MR) is 115 cm³/mol. The summed E-state index contributed by atoms with van der Waals surface area (Å²) in [6.07, 6.45) is 11.6. The van der Waals surface area contributed by atoms with Crippen molar-refractivity contribution in [3.63, 3.8) is 0 Å². The first kappa shape index (κ1) is 23.4. The van der Waals surface area contributed by atoms with Gasteiger partial charge in [-0.15, -0.1) is 6.58 Å². The zero-order valence-electron chi connectivity index (χ0n) is 16.8. The molecule has 4 heteroatoms. The fourth-order valence-electron chi connectivity index (χ4n) is 1.84. The van der Waals surface area contributed by atoms with Crippen LogP contribution in [0.25, 0.3) is 18.2 Å². The summed E-state index contributed by atoms with van der Waals surface area (Å²) in [6, 6.07) is 7.89. The molecular weight excluding hydrogens is 322 g/mol. The number of rotatable bonds is 7. The van der Waals surface area contributed by atoms with Gasteiger partial charge in [-0.2, -0.15) is 0 Å². The average molecular weight is 356 g/mol. The number of hydrogen-bond acceptors (Lipinski definition) is 3. The highest BCUT2D eigenvalue weighted by Gasteiger charge is 1.94. The number of nitrogens with zero attached hydrogens (tertiary/aromatic N) is 1. The Bertz CT molecular complexity index is 640. The number of nitrogens with one attached hydrogen (secondary N) is 2. The van der Waals surface area contributed by atoms with Gasteiger partial charge in [0.2, 0.25) is 0 Å². The molecule has 0 aliphatic heterocycles. The van der Waals surface area contributed by atoms with Crippen LogP contribution in [-0.2, 0) is 0 Å². The predicted octanol–water partition coefficient (Wildman–Crippen LogP) is 5.43. The summed E-state index contributed by atoms with van der Waals surface area (Å²) >= 11 is 0. The van der Waals surface area contributed by atoms with Gasteiger partial charge in [-0.3, -0.25) is 0 Å². The number of H-pyrrole nitrogens is 1. The van der Waals surface area contributed by atoms with Gasteiger partial charge in [0, 0.05) is 6.54 Å². The molecule has 0 amide bonds. The van der Waals surface area contributed by atoms with E-state index < -0.39 is 0 Å². The first-order valence-electron chi connectivity index (χ1n) is 9.04. The summed E-state index contributed by atoms with van der Waals surface area (Å²) in [5.74, 6) is 1.71. The average Bonchev–Trinajstić information content (AvgIpc) is 3.15. The Balaban J connectivity index is 0.000000667. The molecule has 0 spiro atoms. The van der Waals surface area contributed by atoms with E-state index in [1.54, 1.807) is 7.11 Å². The molecule has 2 N–H and O–H groups in total. The minimum atomic E-state index is 0.846. The maximum absolute atomic E-state index is 5.11. The number of likely N-dealkylation sites (N-methyl/N-ethyl adjacent to an activating group) is 1. The van der Waals surface area contributed by atoms with E-state index in [4.69, 9.17) is 4.74 Å². The standard InChI is InChI=1S/C15H16N2O.C5H11N.C2H6/c1-3-4-13-11-16-15(17-13)10-7-12-5-8-14(18-2)9-6-12;1-3-5-6-4-2;1-2/h3-11H,1-2H3,(H,16,17);3,6H,1,4-5H2,2H3;1-2H3/b4-3+,10-7+;;. The van der Waals surface area contributed by atoms with Crippen molar-refractivity contribution in [1.82, 2.24) is 15.3 Å².